The van der Waals surface area contributed by atoms with Crippen LogP contribution in [0.25, 0.3) is 0 Å². The molecule has 1 rings (SSSR count). The number of hydrogen-bond acceptors (Lipinski definition) is 10. The van der Waals surface area contributed by atoms with Crippen molar-refractivity contribution < 1.29 is 49.3 Å². The number of carbonyl (C=O) groups is 2. The molecule has 0 saturated carbocycles. The van der Waals surface area contributed by atoms with E-state index in [1.807, 2.05) is 54.7 Å². The van der Waals surface area contributed by atoms with Crippen molar-refractivity contribution in [3.63, 3.8) is 0 Å². The predicted molar refractivity (Wildman–Crippen MR) is 338 cm³/mol. The highest BCUT2D eigenvalue weighted by Crippen LogP contribution is 2.26. The fourth-order valence-corrected chi connectivity index (χ4v) is 10.4. The standard InChI is InChI=1S/C70H125NO10/c1-4-7-10-13-16-19-22-25-27-28-29-30-31-32-33-34-35-37-39-42-45-48-51-54-57-63(74)69(78)71-61(62(73)56-53-50-47-44-41-38-24-21-18-15-12-9-6-3)60-79-70-68(67(77)66(76)64(59-72)80-70)81-65(75)58-55-52-49-46-43-40-36-26-23-20-17-14-11-8-5-2/h8,11,14,17,20,23,26,36,40,43,53,56,61-64,66-68,70,72-74,76-77H,4-7,9-10,12-13,15-16,18-19,21-22,24-25,27-35,37-39,41-42,44-52,54-55,57-60H2,1-3H3,(H,71,78)/b11-8+,17-14+,23-20-,36-26-,43-40+,56-53+. The number of hydrogen-bond donors (Lipinski definition) is 6. The topological polar surface area (TPSA) is 175 Å². The summed E-state index contributed by atoms with van der Waals surface area (Å²) in [5.41, 5.74) is 0. The van der Waals surface area contributed by atoms with E-state index in [1.54, 1.807) is 6.08 Å². The molecule has 0 bridgehead atoms. The van der Waals surface area contributed by atoms with Crippen LogP contribution in [-0.4, -0.2) is 99.6 Å². The number of aliphatic hydroxyl groups excluding tert-OH is 5. The molecule has 1 aliphatic rings. The van der Waals surface area contributed by atoms with Gasteiger partial charge in [-0.3, -0.25) is 9.59 Å². The third-order valence-electron chi connectivity index (χ3n) is 15.8. The summed E-state index contributed by atoms with van der Waals surface area (Å²) in [5, 5.41) is 57.1. The van der Waals surface area contributed by atoms with Gasteiger partial charge < -0.3 is 45.1 Å². The smallest absolute Gasteiger partial charge is 0.306 e. The highest BCUT2D eigenvalue weighted by Gasteiger charge is 2.47. The second-order valence-corrected chi connectivity index (χ2v) is 23.3. The maximum atomic E-state index is 13.5. The highest BCUT2D eigenvalue weighted by molar-refractivity contribution is 5.80. The van der Waals surface area contributed by atoms with E-state index >= 15 is 0 Å². The number of ether oxygens (including phenoxy) is 3. The van der Waals surface area contributed by atoms with Gasteiger partial charge in [0.1, 0.15) is 24.4 Å². The molecule has 0 aliphatic carbocycles. The molecule has 0 radical (unpaired) electrons. The van der Waals surface area contributed by atoms with Crippen molar-refractivity contribution in [3.05, 3.63) is 72.9 Å². The monoisotopic (exact) mass is 1140 g/mol. The number of carbonyl (C=O) groups excluding carboxylic acids is 2. The minimum Gasteiger partial charge on any atom is -0.454 e. The third kappa shape index (κ3) is 45.2. The Kier molecular flexibility index (Phi) is 54.1. The number of esters is 1. The summed E-state index contributed by atoms with van der Waals surface area (Å²) in [4.78, 5) is 26.6. The average Bonchev–Trinajstić information content (AvgIpc) is 3.53. The summed E-state index contributed by atoms with van der Waals surface area (Å²) < 4.78 is 17.6. The fourth-order valence-electron chi connectivity index (χ4n) is 10.4. The lowest BCUT2D eigenvalue weighted by molar-refractivity contribution is -0.305. The molecular formula is C70H125NO10. The summed E-state index contributed by atoms with van der Waals surface area (Å²) in [5.74, 6) is -1.23. The van der Waals surface area contributed by atoms with Crippen LogP contribution in [0.2, 0.25) is 0 Å². The van der Waals surface area contributed by atoms with Crippen molar-refractivity contribution in [2.45, 2.75) is 346 Å². The first kappa shape index (κ1) is 76.1. The first-order valence-corrected chi connectivity index (χ1v) is 33.8. The molecular weight excluding hydrogens is 1010 g/mol. The summed E-state index contributed by atoms with van der Waals surface area (Å²) in [6.45, 7) is 5.65. The second-order valence-electron chi connectivity index (χ2n) is 23.3. The number of nitrogens with one attached hydrogen (secondary N) is 1. The Morgan fingerprint density at radius 1 is 0.494 bits per heavy atom. The molecule has 1 saturated heterocycles. The van der Waals surface area contributed by atoms with E-state index in [-0.39, 0.29) is 19.4 Å². The van der Waals surface area contributed by atoms with Gasteiger partial charge in [0, 0.05) is 6.42 Å². The Balaban J connectivity index is 2.62. The van der Waals surface area contributed by atoms with Crippen molar-refractivity contribution in [2.24, 2.45) is 0 Å². The van der Waals surface area contributed by atoms with Gasteiger partial charge in [0.05, 0.1) is 25.4 Å². The molecule has 470 valence electrons. The molecule has 8 unspecified atom stereocenters. The van der Waals surface area contributed by atoms with E-state index in [2.05, 4.69) is 38.2 Å². The SMILES string of the molecule is CC/C=C/C=C/C=C\C=C/C=C/CCCCCC(=O)OC1C(OCC(NC(=O)C(O)CCCCCCCCCCCCCCCCCCCCCCCCCC)C(O)/C=C/CCCCCCCCCCCCC)OC(CO)C(O)C1O. The molecule has 11 heteroatoms. The van der Waals surface area contributed by atoms with E-state index in [1.165, 1.54) is 186 Å². The minimum absolute atomic E-state index is 0.0731. The van der Waals surface area contributed by atoms with Gasteiger partial charge in [0.2, 0.25) is 5.91 Å². The van der Waals surface area contributed by atoms with Crippen LogP contribution in [-0.2, 0) is 23.8 Å². The molecule has 11 nitrogen and oxygen atoms in total. The largest absolute Gasteiger partial charge is 0.454 e. The molecule has 0 aromatic rings. The quantitative estimate of drug-likeness (QED) is 0.0149. The van der Waals surface area contributed by atoms with Gasteiger partial charge in [-0.15, -0.1) is 0 Å². The number of rotatable bonds is 57. The zero-order chi connectivity index (χ0) is 58.9. The van der Waals surface area contributed by atoms with Gasteiger partial charge in [-0.2, -0.15) is 0 Å². The summed E-state index contributed by atoms with van der Waals surface area (Å²) in [6.07, 6.45) is 63.8. The first-order chi connectivity index (χ1) is 39.7. The maximum Gasteiger partial charge on any atom is 0.306 e. The lowest BCUT2D eigenvalue weighted by atomic mass is 9.99. The van der Waals surface area contributed by atoms with Gasteiger partial charge in [0.25, 0.3) is 0 Å². The summed E-state index contributed by atoms with van der Waals surface area (Å²) in [7, 11) is 0. The van der Waals surface area contributed by atoms with Crippen molar-refractivity contribution in [1.82, 2.24) is 5.32 Å². The number of aliphatic hydroxyl groups is 5. The Morgan fingerprint density at radius 2 is 0.889 bits per heavy atom. The molecule has 1 amide bonds. The van der Waals surface area contributed by atoms with E-state index in [9.17, 15) is 35.1 Å². The van der Waals surface area contributed by atoms with Crippen LogP contribution in [0.3, 0.4) is 0 Å². The van der Waals surface area contributed by atoms with Crippen LogP contribution in [0.5, 0.6) is 0 Å². The van der Waals surface area contributed by atoms with Crippen LogP contribution < -0.4 is 5.32 Å². The zero-order valence-electron chi connectivity index (χ0n) is 52.1. The van der Waals surface area contributed by atoms with Gasteiger partial charge in [-0.25, -0.2) is 0 Å². The second kappa shape index (κ2) is 57.5. The molecule has 1 heterocycles. The summed E-state index contributed by atoms with van der Waals surface area (Å²) >= 11 is 0. The van der Waals surface area contributed by atoms with E-state index in [0.717, 1.165) is 64.2 Å². The van der Waals surface area contributed by atoms with E-state index in [0.29, 0.717) is 12.8 Å². The molecule has 8 atom stereocenters. The van der Waals surface area contributed by atoms with Crippen LogP contribution in [0, 0.1) is 0 Å². The van der Waals surface area contributed by atoms with Crippen molar-refractivity contribution in [1.29, 1.82) is 0 Å². The lowest BCUT2D eigenvalue weighted by Crippen LogP contribution is -2.61. The van der Waals surface area contributed by atoms with Crippen LogP contribution in [0.1, 0.15) is 297 Å². The average molecular weight is 1140 g/mol. The Hall–Kier alpha value is -2.90. The van der Waals surface area contributed by atoms with E-state index in [4.69, 9.17) is 14.2 Å². The van der Waals surface area contributed by atoms with Crippen LogP contribution >= 0.6 is 0 Å². The Bertz CT molecular complexity index is 1590. The molecule has 0 aromatic carbocycles. The van der Waals surface area contributed by atoms with Crippen LogP contribution in [0.15, 0.2) is 72.9 Å². The van der Waals surface area contributed by atoms with Crippen LogP contribution in [0.4, 0.5) is 0 Å². The highest BCUT2D eigenvalue weighted by atomic mass is 16.7. The third-order valence-corrected chi connectivity index (χ3v) is 15.8. The molecule has 1 aliphatic heterocycles. The maximum absolute atomic E-state index is 13.5. The van der Waals surface area contributed by atoms with Crippen molar-refractivity contribution in [3.8, 4) is 0 Å². The minimum atomic E-state index is -1.63. The van der Waals surface area contributed by atoms with E-state index < -0.39 is 67.4 Å². The number of allylic oxidation sites excluding steroid dienone is 11. The molecule has 1 fully saturated rings. The van der Waals surface area contributed by atoms with Gasteiger partial charge >= 0.3 is 5.97 Å². The molecule has 0 aromatic heterocycles. The Labute approximate surface area is 496 Å². The lowest BCUT2D eigenvalue weighted by Gasteiger charge is -2.41. The van der Waals surface area contributed by atoms with Crippen molar-refractivity contribution in [2.75, 3.05) is 13.2 Å². The molecule has 6 N–H and O–H groups in total. The normalized spacial score (nSPS) is 19.1. The molecule has 81 heavy (non-hydrogen) atoms. The van der Waals surface area contributed by atoms with Gasteiger partial charge in [0.15, 0.2) is 12.4 Å². The Morgan fingerprint density at radius 3 is 1.33 bits per heavy atom. The van der Waals surface area contributed by atoms with Gasteiger partial charge in [-0.1, -0.05) is 318 Å². The van der Waals surface area contributed by atoms with Crippen molar-refractivity contribution >= 4 is 11.9 Å². The molecule has 0 spiro atoms. The van der Waals surface area contributed by atoms with Gasteiger partial charge in [-0.05, 0) is 44.9 Å². The number of unbranched alkanes of at least 4 members (excludes halogenated alkanes) is 37. The number of amides is 1. The zero-order valence-corrected chi connectivity index (χ0v) is 52.1. The fraction of sp³-hybridized carbons (Fsp3) is 0.800. The first-order valence-electron chi connectivity index (χ1n) is 33.8. The predicted octanol–water partition coefficient (Wildman–Crippen LogP) is 16.7. The summed E-state index contributed by atoms with van der Waals surface area (Å²) in [6, 6.07) is -1.03.